The van der Waals surface area contributed by atoms with Gasteiger partial charge in [0.25, 0.3) is 2.21 Å². The van der Waals surface area contributed by atoms with Gasteiger partial charge in [0.15, 0.2) is 9.84 Å². The van der Waals surface area contributed by atoms with E-state index < -0.39 is 17.8 Å². The van der Waals surface area contributed by atoms with Crippen LogP contribution in [-0.2, 0) is 9.84 Å². The molecule has 1 aromatic rings. The van der Waals surface area contributed by atoms with Crippen LogP contribution in [0.2, 0.25) is 5.02 Å². The van der Waals surface area contributed by atoms with Crippen LogP contribution in [0, 0.1) is 0 Å². The first-order valence-electron chi connectivity index (χ1n) is 4.04. The molecule has 0 fully saturated rings. The van der Waals surface area contributed by atoms with Crippen LogP contribution < -0.4 is 0 Å². The smallest absolute Gasteiger partial charge is 0.257 e. The van der Waals surface area contributed by atoms with Crippen molar-refractivity contribution in [3.8, 4) is 0 Å². The molecule has 1 atom stereocenters. The lowest BCUT2D eigenvalue weighted by Gasteiger charge is -2.16. The van der Waals surface area contributed by atoms with Crippen molar-refractivity contribution in [3.63, 3.8) is 0 Å². The van der Waals surface area contributed by atoms with Crippen molar-refractivity contribution in [1.82, 2.24) is 0 Å². The molecule has 0 aliphatic heterocycles. The number of halogens is 3. The SMILES string of the molecule is CS(=O)(=O)C(Cl)(I)C(=O)c1ccc(Cl)cc1. The van der Waals surface area contributed by atoms with E-state index in [1.54, 1.807) is 0 Å². The van der Waals surface area contributed by atoms with E-state index in [2.05, 4.69) is 0 Å². The van der Waals surface area contributed by atoms with Crippen molar-refractivity contribution in [1.29, 1.82) is 0 Å². The number of benzene rings is 1. The lowest BCUT2D eigenvalue weighted by atomic mass is 10.1. The van der Waals surface area contributed by atoms with Crippen LogP contribution in [0.1, 0.15) is 10.4 Å². The van der Waals surface area contributed by atoms with Crippen LogP contribution in [0.25, 0.3) is 0 Å². The Balaban J connectivity index is 3.18. The minimum atomic E-state index is -3.69. The molecular weight excluding hydrogens is 386 g/mol. The lowest BCUT2D eigenvalue weighted by molar-refractivity contribution is 0.100. The van der Waals surface area contributed by atoms with Gasteiger partial charge in [-0.2, -0.15) is 0 Å². The average molecular weight is 393 g/mol. The van der Waals surface area contributed by atoms with Crippen molar-refractivity contribution < 1.29 is 13.2 Å². The highest BCUT2D eigenvalue weighted by Crippen LogP contribution is 2.34. The third kappa shape index (κ3) is 2.88. The Kier molecular flexibility index (Phi) is 4.26. The molecule has 0 bridgehead atoms. The molecule has 1 unspecified atom stereocenters. The first-order chi connectivity index (χ1) is 7.16. The maximum Gasteiger partial charge on any atom is 0.257 e. The molecule has 0 heterocycles. The fourth-order valence-electron chi connectivity index (χ4n) is 0.938. The van der Waals surface area contributed by atoms with Gasteiger partial charge < -0.3 is 0 Å². The van der Waals surface area contributed by atoms with E-state index in [1.807, 2.05) is 0 Å². The zero-order chi connectivity index (χ0) is 12.6. The van der Waals surface area contributed by atoms with E-state index in [0.717, 1.165) is 6.26 Å². The van der Waals surface area contributed by atoms with Crippen LogP contribution in [-0.4, -0.2) is 22.7 Å². The number of carbonyl (C=O) groups is 1. The van der Waals surface area contributed by atoms with Gasteiger partial charge in [0.2, 0.25) is 5.78 Å². The zero-order valence-electron chi connectivity index (χ0n) is 8.08. The summed E-state index contributed by atoms with van der Waals surface area (Å²) in [6.45, 7) is 0. The summed E-state index contributed by atoms with van der Waals surface area (Å²) in [5, 5.41) is 0.463. The number of ketones is 1. The van der Waals surface area contributed by atoms with Gasteiger partial charge in [-0.15, -0.1) is 0 Å². The number of Topliss-reactive ketones (excluding diaryl/α,β-unsaturated/α-hetero) is 1. The minimum Gasteiger partial charge on any atom is -0.290 e. The Labute approximate surface area is 117 Å². The first-order valence-corrected chi connectivity index (χ1v) is 7.76. The summed E-state index contributed by atoms with van der Waals surface area (Å²) in [6.07, 6.45) is 0.917. The van der Waals surface area contributed by atoms with Crippen LogP contribution in [0.5, 0.6) is 0 Å². The van der Waals surface area contributed by atoms with E-state index in [4.69, 9.17) is 23.2 Å². The molecule has 16 heavy (non-hydrogen) atoms. The predicted molar refractivity (Wildman–Crippen MR) is 73.2 cm³/mol. The second-order valence-electron chi connectivity index (χ2n) is 3.12. The Morgan fingerprint density at radius 3 is 2.12 bits per heavy atom. The maximum atomic E-state index is 11.9. The van der Waals surface area contributed by atoms with Gasteiger partial charge in [0.05, 0.1) is 0 Å². The summed E-state index contributed by atoms with van der Waals surface area (Å²) in [5.41, 5.74) is 0.208. The van der Waals surface area contributed by atoms with Gasteiger partial charge in [-0.1, -0.05) is 23.2 Å². The number of rotatable bonds is 3. The highest BCUT2D eigenvalue weighted by Gasteiger charge is 2.44. The number of hydrogen-bond donors (Lipinski definition) is 0. The van der Waals surface area contributed by atoms with Gasteiger partial charge in [0.1, 0.15) is 0 Å². The summed E-state index contributed by atoms with van der Waals surface area (Å²) in [6, 6.07) is 5.87. The molecule has 88 valence electrons. The Hall–Kier alpha value is 0.150. The molecule has 0 N–H and O–H groups in total. The van der Waals surface area contributed by atoms with Crippen LogP contribution in [0.3, 0.4) is 0 Å². The molecule has 0 spiro atoms. The molecule has 0 radical (unpaired) electrons. The van der Waals surface area contributed by atoms with Crippen molar-refractivity contribution in [2.75, 3.05) is 6.26 Å². The van der Waals surface area contributed by atoms with E-state index in [0.29, 0.717) is 5.02 Å². The quantitative estimate of drug-likeness (QED) is 0.451. The van der Waals surface area contributed by atoms with Gasteiger partial charge >= 0.3 is 0 Å². The minimum absolute atomic E-state index is 0.208. The van der Waals surface area contributed by atoms with Crippen molar-refractivity contribution in [2.24, 2.45) is 0 Å². The summed E-state index contributed by atoms with van der Waals surface area (Å²) < 4.78 is 20.7. The number of carbonyl (C=O) groups excluding carboxylic acids is 1. The summed E-state index contributed by atoms with van der Waals surface area (Å²) in [7, 11) is -3.69. The molecule has 0 aliphatic rings. The van der Waals surface area contributed by atoms with Crippen molar-refractivity contribution >= 4 is 61.4 Å². The fraction of sp³-hybridized carbons (Fsp3) is 0.222. The van der Waals surface area contributed by atoms with E-state index in [9.17, 15) is 13.2 Å². The molecule has 1 rings (SSSR count). The maximum absolute atomic E-state index is 11.9. The molecule has 1 aromatic carbocycles. The summed E-state index contributed by atoms with van der Waals surface area (Å²) in [4.78, 5) is 11.9. The largest absolute Gasteiger partial charge is 0.290 e. The molecule has 0 aromatic heterocycles. The van der Waals surface area contributed by atoms with Crippen LogP contribution >= 0.6 is 45.8 Å². The van der Waals surface area contributed by atoms with Gasteiger partial charge in [-0.05, 0) is 46.9 Å². The molecule has 0 saturated heterocycles. The van der Waals surface area contributed by atoms with Crippen molar-refractivity contribution in [3.05, 3.63) is 34.9 Å². The van der Waals surface area contributed by atoms with E-state index in [1.165, 1.54) is 46.9 Å². The number of hydrogen-bond acceptors (Lipinski definition) is 3. The van der Waals surface area contributed by atoms with E-state index in [-0.39, 0.29) is 5.56 Å². The van der Waals surface area contributed by atoms with Crippen LogP contribution in [0.15, 0.2) is 24.3 Å². The van der Waals surface area contributed by atoms with E-state index >= 15 is 0 Å². The number of sulfone groups is 1. The van der Waals surface area contributed by atoms with Gasteiger partial charge in [0, 0.05) is 16.8 Å². The predicted octanol–water partition coefficient (Wildman–Crippen LogP) is 2.89. The summed E-state index contributed by atoms with van der Waals surface area (Å²) >= 11 is 12.8. The molecular formula is C9H7Cl2IO3S. The average Bonchev–Trinajstić information content (AvgIpc) is 2.16. The van der Waals surface area contributed by atoms with Crippen molar-refractivity contribution in [2.45, 2.75) is 2.21 Å². The molecule has 7 heteroatoms. The second-order valence-corrected chi connectivity index (χ2v) is 9.50. The third-order valence-electron chi connectivity index (χ3n) is 1.84. The third-order valence-corrected chi connectivity index (χ3v) is 7.11. The van der Waals surface area contributed by atoms with Gasteiger partial charge in [-0.3, -0.25) is 4.79 Å². The Bertz CT molecular complexity index is 508. The molecule has 0 saturated carbocycles. The standard InChI is InChI=1S/C9H7Cl2IO3S/c1-16(14,15)9(11,12)8(13)6-2-4-7(10)5-3-6/h2-5H,1H3. The highest BCUT2D eigenvalue weighted by molar-refractivity contribution is 14.1. The molecule has 0 aliphatic carbocycles. The Morgan fingerprint density at radius 2 is 1.75 bits per heavy atom. The monoisotopic (exact) mass is 392 g/mol. The lowest BCUT2D eigenvalue weighted by Crippen LogP contribution is -2.34. The second kappa shape index (κ2) is 4.80. The topological polar surface area (TPSA) is 51.2 Å². The van der Waals surface area contributed by atoms with Gasteiger partial charge in [-0.25, -0.2) is 8.42 Å². The first kappa shape index (κ1) is 14.2. The molecule has 0 amide bonds. The Morgan fingerprint density at radius 1 is 1.31 bits per heavy atom. The summed E-state index contributed by atoms with van der Waals surface area (Å²) in [5.74, 6) is -0.672. The molecule has 3 nitrogen and oxygen atoms in total. The van der Waals surface area contributed by atoms with Crippen LogP contribution in [0.4, 0.5) is 0 Å². The normalized spacial score (nSPS) is 15.5. The fourth-order valence-corrected chi connectivity index (χ4v) is 1.94. The number of alkyl halides is 2. The highest BCUT2D eigenvalue weighted by atomic mass is 127. The zero-order valence-corrected chi connectivity index (χ0v) is 12.6.